The highest BCUT2D eigenvalue weighted by Gasteiger charge is 2.35. The molecular formula is C36H37FN4O7. The van der Waals surface area contributed by atoms with E-state index in [1.165, 1.54) is 6.07 Å². The Morgan fingerprint density at radius 2 is 1.94 bits per heavy atom. The van der Waals surface area contributed by atoms with Crippen molar-refractivity contribution in [3.05, 3.63) is 113 Å². The number of benzene rings is 3. The zero-order chi connectivity index (χ0) is 34.0. The third-order valence-electron chi connectivity index (χ3n) is 7.63. The van der Waals surface area contributed by atoms with Crippen LogP contribution in [-0.4, -0.2) is 65.6 Å². The van der Waals surface area contributed by atoms with Gasteiger partial charge in [0.05, 0.1) is 19.1 Å². The fraction of sp³-hybridized carbons (Fsp3) is 0.278. The van der Waals surface area contributed by atoms with Gasteiger partial charge in [-0.1, -0.05) is 24.3 Å². The Morgan fingerprint density at radius 3 is 2.75 bits per heavy atom. The Hall–Kier alpha value is -5.49. The van der Waals surface area contributed by atoms with E-state index in [0.29, 0.717) is 61.9 Å². The van der Waals surface area contributed by atoms with Gasteiger partial charge in [0.15, 0.2) is 23.0 Å². The molecule has 1 aromatic heterocycles. The standard InChI is InChI=1S/C34H33FN4O5.C2H4O2/c35-28-10-7-22-18-30(28)44-26-8-9-27-23(20-26)11-15-39(34(41)32-29(43-17-12-36)6-2-13-38-32)33(27)24-4-1-5-25(21-24)42-16-3-14-37-31(40)19-22;1-2(3)4/h1-2,4-10,13,18,20-21,33H,3,11-12,14-17,19,36H2,(H,37,40);1H3,(H,3,4). The van der Waals surface area contributed by atoms with Crippen LogP contribution in [0.15, 0.2) is 79.0 Å². The first-order valence-electron chi connectivity index (χ1n) is 15.6. The molecule has 0 saturated heterocycles. The van der Waals surface area contributed by atoms with E-state index in [2.05, 4.69) is 10.3 Å². The molecule has 250 valence electrons. The highest BCUT2D eigenvalue weighted by molar-refractivity contribution is 5.95. The van der Waals surface area contributed by atoms with Crippen LogP contribution in [-0.2, 0) is 22.4 Å². The normalized spacial score (nSPS) is 15.6. The summed E-state index contributed by atoms with van der Waals surface area (Å²) in [6.07, 6.45) is 2.81. The summed E-state index contributed by atoms with van der Waals surface area (Å²) in [5.74, 6) is -0.266. The molecule has 2 amide bonds. The van der Waals surface area contributed by atoms with Crippen LogP contribution in [0.2, 0.25) is 0 Å². The fourth-order valence-corrected chi connectivity index (χ4v) is 5.59. The average molecular weight is 657 g/mol. The van der Waals surface area contributed by atoms with Crippen molar-refractivity contribution >= 4 is 17.8 Å². The van der Waals surface area contributed by atoms with Crippen LogP contribution in [0.5, 0.6) is 23.0 Å². The maximum absolute atomic E-state index is 14.8. The van der Waals surface area contributed by atoms with Gasteiger partial charge in [-0.15, -0.1) is 0 Å². The lowest BCUT2D eigenvalue weighted by atomic mass is 9.87. The molecule has 3 aromatic carbocycles. The topological polar surface area (TPSA) is 153 Å². The molecule has 0 spiro atoms. The van der Waals surface area contributed by atoms with Gasteiger partial charge < -0.3 is 35.3 Å². The molecule has 7 rings (SSSR count). The van der Waals surface area contributed by atoms with Gasteiger partial charge in [-0.3, -0.25) is 14.4 Å². The van der Waals surface area contributed by atoms with Crippen LogP contribution in [0, 0.1) is 5.82 Å². The lowest BCUT2D eigenvalue weighted by Gasteiger charge is -2.38. The molecule has 12 heteroatoms. The summed E-state index contributed by atoms with van der Waals surface area (Å²) in [4.78, 5) is 41.8. The predicted molar refractivity (Wildman–Crippen MR) is 175 cm³/mol. The lowest BCUT2D eigenvalue weighted by molar-refractivity contribution is -0.134. The van der Waals surface area contributed by atoms with E-state index in [4.69, 9.17) is 29.8 Å². The van der Waals surface area contributed by atoms with E-state index in [1.54, 1.807) is 41.4 Å². The second kappa shape index (κ2) is 15.9. The molecule has 0 saturated carbocycles. The first-order chi connectivity index (χ1) is 23.2. The minimum absolute atomic E-state index is 0.0404. The van der Waals surface area contributed by atoms with Crippen LogP contribution in [0.4, 0.5) is 4.39 Å². The fourth-order valence-electron chi connectivity index (χ4n) is 5.59. The molecule has 0 aliphatic carbocycles. The SMILES string of the molecule is CC(=O)O.NCCOc1cccnc1C(=O)N1CCc2cc3ccc2C1c1cccc(c1)OCCCNC(=O)Cc1ccc(F)c(c1)O3. The summed E-state index contributed by atoms with van der Waals surface area (Å²) in [6, 6.07) is 20.6. The van der Waals surface area contributed by atoms with Crippen molar-refractivity contribution in [2.75, 3.05) is 32.8 Å². The van der Waals surface area contributed by atoms with E-state index in [-0.39, 0.29) is 36.3 Å². The Morgan fingerprint density at radius 1 is 1.10 bits per heavy atom. The van der Waals surface area contributed by atoms with Crippen molar-refractivity contribution in [1.82, 2.24) is 15.2 Å². The molecule has 1 unspecified atom stereocenters. The van der Waals surface area contributed by atoms with E-state index in [9.17, 15) is 14.0 Å². The van der Waals surface area contributed by atoms with Gasteiger partial charge >= 0.3 is 0 Å². The number of carbonyl (C=O) groups is 3. The third kappa shape index (κ3) is 8.45. The van der Waals surface area contributed by atoms with Crippen LogP contribution < -0.4 is 25.3 Å². The van der Waals surface area contributed by atoms with E-state index in [0.717, 1.165) is 23.6 Å². The molecule has 4 heterocycles. The summed E-state index contributed by atoms with van der Waals surface area (Å²) in [5, 5.41) is 10.3. The molecule has 0 radical (unpaired) electrons. The van der Waals surface area contributed by atoms with Crippen molar-refractivity contribution in [3.63, 3.8) is 0 Å². The van der Waals surface area contributed by atoms with Crippen molar-refractivity contribution in [3.8, 4) is 23.0 Å². The Balaban J connectivity index is 0.00000107. The van der Waals surface area contributed by atoms with Crippen LogP contribution in [0.3, 0.4) is 0 Å². The molecule has 48 heavy (non-hydrogen) atoms. The van der Waals surface area contributed by atoms with Crippen molar-refractivity contribution < 1.29 is 38.1 Å². The molecule has 8 bridgehead atoms. The summed E-state index contributed by atoms with van der Waals surface area (Å²) in [5.41, 5.74) is 9.24. The second-order valence-electron chi connectivity index (χ2n) is 11.2. The minimum atomic E-state index is -0.833. The van der Waals surface area contributed by atoms with E-state index in [1.807, 2.05) is 36.4 Å². The second-order valence-corrected chi connectivity index (χ2v) is 11.2. The number of rotatable bonds is 4. The van der Waals surface area contributed by atoms with E-state index >= 15 is 0 Å². The number of nitrogens with two attached hydrogens (primary N) is 1. The Labute approximate surface area is 277 Å². The summed E-state index contributed by atoms with van der Waals surface area (Å²) in [6.45, 7) is 2.87. The number of carboxylic acids is 1. The van der Waals surface area contributed by atoms with Gasteiger partial charge in [0, 0.05) is 32.8 Å². The first-order valence-corrected chi connectivity index (χ1v) is 15.6. The quantitative estimate of drug-likeness (QED) is 0.284. The maximum atomic E-state index is 14.8. The number of carboxylic acid groups (broad SMARTS) is 1. The molecule has 4 N–H and O–H groups in total. The van der Waals surface area contributed by atoms with Crippen LogP contribution in [0.1, 0.15) is 52.1 Å². The molecule has 1 atom stereocenters. The Kier molecular flexibility index (Phi) is 11.2. The predicted octanol–water partition coefficient (Wildman–Crippen LogP) is 4.67. The molecule has 3 aliphatic heterocycles. The number of ether oxygens (including phenoxy) is 3. The average Bonchev–Trinajstić information content (AvgIpc) is 3.07. The van der Waals surface area contributed by atoms with Crippen molar-refractivity contribution in [2.45, 2.75) is 32.2 Å². The van der Waals surface area contributed by atoms with Gasteiger partial charge in [-0.25, -0.2) is 9.37 Å². The number of amides is 2. The highest BCUT2D eigenvalue weighted by Crippen LogP contribution is 2.40. The van der Waals surface area contributed by atoms with Gasteiger partial charge in [-0.05, 0) is 83.6 Å². The monoisotopic (exact) mass is 656 g/mol. The van der Waals surface area contributed by atoms with Crippen LogP contribution >= 0.6 is 0 Å². The number of carbonyl (C=O) groups excluding carboxylic acids is 2. The van der Waals surface area contributed by atoms with Crippen molar-refractivity contribution in [2.24, 2.45) is 5.73 Å². The number of hydrogen-bond acceptors (Lipinski definition) is 8. The number of hydrogen-bond donors (Lipinski definition) is 3. The number of fused-ring (bicyclic) bond motifs is 7. The number of aliphatic carboxylic acids is 1. The van der Waals surface area contributed by atoms with Crippen molar-refractivity contribution in [1.29, 1.82) is 0 Å². The zero-order valence-electron chi connectivity index (χ0n) is 26.5. The summed E-state index contributed by atoms with van der Waals surface area (Å²) >= 11 is 0. The zero-order valence-corrected chi connectivity index (χ0v) is 26.5. The smallest absolute Gasteiger partial charge is 0.300 e. The summed E-state index contributed by atoms with van der Waals surface area (Å²) in [7, 11) is 0. The molecule has 0 fully saturated rings. The van der Waals surface area contributed by atoms with Gasteiger partial charge in [0.2, 0.25) is 5.91 Å². The largest absolute Gasteiger partial charge is 0.494 e. The summed E-state index contributed by atoms with van der Waals surface area (Å²) < 4.78 is 32.6. The number of nitrogens with zero attached hydrogens (tertiary/aromatic N) is 2. The van der Waals surface area contributed by atoms with Gasteiger partial charge in [-0.2, -0.15) is 0 Å². The number of pyridine rings is 1. The third-order valence-corrected chi connectivity index (χ3v) is 7.63. The number of halogens is 1. The minimum Gasteiger partial charge on any atom is -0.494 e. The highest BCUT2D eigenvalue weighted by atomic mass is 19.1. The lowest BCUT2D eigenvalue weighted by Crippen LogP contribution is -2.41. The number of aromatic nitrogens is 1. The molecule has 11 nitrogen and oxygen atoms in total. The Bertz CT molecular complexity index is 1780. The van der Waals surface area contributed by atoms with Crippen LogP contribution in [0.25, 0.3) is 0 Å². The number of nitrogens with one attached hydrogen (secondary N) is 1. The molecular weight excluding hydrogens is 619 g/mol. The van der Waals surface area contributed by atoms with Gasteiger partial charge in [0.25, 0.3) is 11.9 Å². The van der Waals surface area contributed by atoms with Gasteiger partial charge in [0.1, 0.15) is 18.1 Å². The van der Waals surface area contributed by atoms with E-state index < -0.39 is 17.8 Å². The molecule has 3 aliphatic rings. The maximum Gasteiger partial charge on any atom is 0.300 e. The molecule has 4 aromatic rings. The first kappa shape index (κ1) is 33.9.